The number of aliphatic hydroxyl groups excluding tert-OH is 1. The van der Waals surface area contributed by atoms with Gasteiger partial charge in [0.25, 0.3) is 0 Å². The van der Waals surface area contributed by atoms with E-state index in [9.17, 15) is 0 Å². The van der Waals surface area contributed by atoms with Crippen LogP contribution in [0.25, 0.3) is 0 Å². The third kappa shape index (κ3) is 1.66. The number of rotatable bonds is 1. The number of hydrogen-bond acceptors (Lipinski definition) is 4. The van der Waals surface area contributed by atoms with Gasteiger partial charge in [0, 0.05) is 19.3 Å². The second kappa shape index (κ2) is 3.23. The molecule has 1 N–H and O–H groups in total. The summed E-state index contributed by atoms with van der Waals surface area (Å²) in [7, 11) is 0. The molecule has 2 heterocycles. The first kappa shape index (κ1) is 8.90. The van der Waals surface area contributed by atoms with E-state index >= 15 is 0 Å². The second-order valence-electron chi connectivity index (χ2n) is 3.15. The van der Waals surface area contributed by atoms with Gasteiger partial charge in [-0.15, -0.1) is 0 Å². The zero-order chi connectivity index (χ0) is 9.42. The molecule has 0 spiro atoms. The van der Waals surface area contributed by atoms with Gasteiger partial charge in [-0.1, -0.05) is 0 Å². The molecule has 1 aromatic heterocycles. The van der Waals surface area contributed by atoms with Crippen molar-refractivity contribution in [3.05, 3.63) is 16.5 Å². The maximum atomic E-state index is 9.14. The van der Waals surface area contributed by atoms with E-state index in [1.165, 1.54) is 0 Å². The Labute approximate surface area is 84.7 Å². The summed E-state index contributed by atoms with van der Waals surface area (Å²) >= 11 is 3.38. The van der Waals surface area contributed by atoms with E-state index in [1.54, 1.807) is 6.20 Å². The Hall–Kier alpha value is -0.680. The molecule has 2 rings (SSSR count). The lowest BCUT2D eigenvalue weighted by Gasteiger charge is -2.37. The van der Waals surface area contributed by atoms with Crippen molar-refractivity contribution < 1.29 is 5.11 Å². The van der Waals surface area contributed by atoms with Gasteiger partial charge in [0.05, 0.1) is 10.6 Å². The predicted molar refractivity (Wildman–Crippen MR) is 52.7 cm³/mol. The van der Waals surface area contributed by atoms with Gasteiger partial charge in [0.1, 0.15) is 11.6 Å². The molecule has 1 fully saturated rings. The second-order valence-corrected chi connectivity index (χ2v) is 4.00. The molecule has 0 aromatic carbocycles. The Kier molecular flexibility index (Phi) is 2.21. The highest BCUT2D eigenvalue weighted by Gasteiger charge is 2.27. The van der Waals surface area contributed by atoms with Crippen molar-refractivity contribution in [2.75, 3.05) is 18.0 Å². The molecule has 0 amide bonds. The molecule has 0 bridgehead atoms. The highest BCUT2D eigenvalue weighted by Crippen LogP contribution is 2.26. The lowest BCUT2D eigenvalue weighted by atomic mass is 10.2. The van der Waals surface area contributed by atoms with Gasteiger partial charge in [-0.05, 0) is 22.9 Å². The van der Waals surface area contributed by atoms with Gasteiger partial charge in [-0.2, -0.15) is 0 Å². The minimum Gasteiger partial charge on any atom is -0.389 e. The number of aryl methyl sites for hydroxylation is 1. The molecule has 0 saturated carbocycles. The smallest absolute Gasteiger partial charge is 0.146 e. The molecule has 1 saturated heterocycles. The van der Waals surface area contributed by atoms with Crippen LogP contribution in [0.3, 0.4) is 0 Å². The Morgan fingerprint density at radius 1 is 1.62 bits per heavy atom. The largest absolute Gasteiger partial charge is 0.389 e. The maximum Gasteiger partial charge on any atom is 0.146 e. The first-order chi connectivity index (χ1) is 6.16. The number of aliphatic hydroxyl groups is 1. The quantitative estimate of drug-likeness (QED) is 0.791. The number of aromatic nitrogens is 2. The van der Waals surface area contributed by atoms with Gasteiger partial charge in [0.2, 0.25) is 0 Å². The van der Waals surface area contributed by atoms with Crippen molar-refractivity contribution in [3.63, 3.8) is 0 Å². The highest BCUT2D eigenvalue weighted by molar-refractivity contribution is 9.10. The van der Waals surface area contributed by atoms with E-state index in [0.29, 0.717) is 13.1 Å². The Morgan fingerprint density at radius 2 is 2.31 bits per heavy atom. The highest BCUT2D eigenvalue weighted by atomic mass is 79.9. The molecule has 70 valence electrons. The van der Waals surface area contributed by atoms with Gasteiger partial charge >= 0.3 is 0 Å². The monoisotopic (exact) mass is 243 g/mol. The molecule has 13 heavy (non-hydrogen) atoms. The lowest BCUT2D eigenvalue weighted by molar-refractivity contribution is 0.141. The van der Waals surface area contributed by atoms with Gasteiger partial charge in [-0.25, -0.2) is 9.97 Å². The van der Waals surface area contributed by atoms with Crippen molar-refractivity contribution >= 4 is 21.7 Å². The zero-order valence-corrected chi connectivity index (χ0v) is 8.82. The maximum absolute atomic E-state index is 9.14. The SMILES string of the molecule is Cc1ncc(Br)c(N2CC(O)C2)n1. The van der Waals surface area contributed by atoms with Crippen LogP contribution in [-0.4, -0.2) is 34.3 Å². The van der Waals surface area contributed by atoms with Crippen molar-refractivity contribution in [1.29, 1.82) is 0 Å². The van der Waals surface area contributed by atoms with Gasteiger partial charge in [0.15, 0.2) is 0 Å². The summed E-state index contributed by atoms with van der Waals surface area (Å²) in [5, 5.41) is 9.14. The van der Waals surface area contributed by atoms with Crippen LogP contribution in [0.5, 0.6) is 0 Å². The van der Waals surface area contributed by atoms with E-state index < -0.39 is 0 Å². The average molecular weight is 244 g/mol. The number of anilines is 1. The Morgan fingerprint density at radius 3 is 2.92 bits per heavy atom. The fourth-order valence-corrected chi connectivity index (χ4v) is 1.74. The van der Waals surface area contributed by atoms with Crippen LogP contribution in [0.2, 0.25) is 0 Å². The number of halogens is 1. The molecule has 1 aromatic rings. The van der Waals surface area contributed by atoms with Crippen LogP contribution >= 0.6 is 15.9 Å². The van der Waals surface area contributed by atoms with E-state index in [0.717, 1.165) is 16.1 Å². The summed E-state index contributed by atoms with van der Waals surface area (Å²) in [4.78, 5) is 10.4. The van der Waals surface area contributed by atoms with E-state index in [1.807, 2.05) is 11.8 Å². The van der Waals surface area contributed by atoms with Crippen LogP contribution in [0.4, 0.5) is 5.82 Å². The van der Waals surface area contributed by atoms with Crippen LogP contribution in [0, 0.1) is 6.92 Å². The van der Waals surface area contributed by atoms with Crippen LogP contribution in [0.1, 0.15) is 5.82 Å². The molecule has 0 atom stereocenters. The molecule has 0 unspecified atom stereocenters. The third-order valence-corrected chi connectivity index (χ3v) is 2.57. The van der Waals surface area contributed by atoms with E-state index in [4.69, 9.17) is 5.11 Å². The van der Waals surface area contributed by atoms with Crippen molar-refractivity contribution in [2.24, 2.45) is 0 Å². The lowest BCUT2D eigenvalue weighted by Crippen LogP contribution is -2.51. The van der Waals surface area contributed by atoms with Crippen LogP contribution < -0.4 is 4.90 Å². The predicted octanol–water partition coefficient (Wildman–Crippen LogP) is 0.728. The van der Waals surface area contributed by atoms with E-state index in [-0.39, 0.29) is 6.10 Å². The molecule has 1 aliphatic heterocycles. The standard InChI is InChI=1S/C8H10BrN3O/c1-5-10-2-7(9)8(11-5)12-3-6(13)4-12/h2,6,13H,3-4H2,1H3. The summed E-state index contributed by atoms with van der Waals surface area (Å²) < 4.78 is 0.880. The number of hydrogen-bond donors (Lipinski definition) is 1. The summed E-state index contributed by atoms with van der Waals surface area (Å²) in [6.45, 7) is 3.18. The third-order valence-electron chi connectivity index (χ3n) is 2.01. The van der Waals surface area contributed by atoms with Crippen LogP contribution in [-0.2, 0) is 0 Å². The number of nitrogens with zero attached hydrogens (tertiary/aromatic N) is 3. The van der Waals surface area contributed by atoms with Gasteiger partial charge in [-0.3, -0.25) is 0 Å². The average Bonchev–Trinajstić information content (AvgIpc) is 2.04. The zero-order valence-electron chi connectivity index (χ0n) is 7.24. The van der Waals surface area contributed by atoms with Crippen molar-refractivity contribution in [1.82, 2.24) is 9.97 Å². The van der Waals surface area contributed by atoms with E-state index in [2.05, 4.69) is 25.9 Å². The first-order valence-corrected chi connectivity index (χ1v) is 4.88. The molecule has 0 aliphatic carbocycles. The van der Waals surface area contributed by atoms with Gasteiger partial charge < -0.3 is 10.0 Å². The Bertz CT molecular complexity index is 325. The topological polar surface area (TPSA) is 49.2 Å². The fraction of sp³-hybridized carbons (Fsp3) is 0.500. The molecule has 4 nitrogen and oxygen atoms in total. The summed E-state index contributed by atoms with van der Waals surface area (Å²) in [6.07, 6.45) is 1.53. The normalized spacial score (nSPS) is 17.3. The number of β-amino-alcohol motifs (C(OH)–C–C–N with tert-alkyl or cyclic N) is 1. The van der Waals surface area contributed by atoms with Crippen LogP contribution in [0.15, 0.2) is 10.7 Å². The molecule has 5 heteroatoms. The molecular weight excluding hydrogens is 234 g/mol. The molecule has 1 aliphatic rings. The van der Waals surface area contributed by atoms with Crippen molar-refractivity contribution in [3.8, 4) is 0 Å². The minimum absolute atomic E-state index is 0.206. The minimum atomic E-state index is -0.206. The summed E-state index contributed by atoms with van der Waals surface area (Å²) in [5.41, 5.74) is 0. The Balaban J connectivity index is 2.24. The fourth-order valence-electron chi connectivity index (χ4n) is 1.29. The summed E-state index contributed by atoms with van der Waals surface area (Å²) in [5.74, 6) is 1.62. The molecule has 0 radical (unpaired) electrons. The van der Waals surface area contributed by atoms with Crippen molar-refractivity contribution in [2.45, 2.75) is 13.0 Å². The summed E-state index contributed by atoms with van der Waals surface area (Å²) in [6, 6.07) is 0. The molecular formula is C8H10BrN3O. The first-order valence-electron chi connectivity index (χ1n) is 4.09.